The zero-order valence-electron chi connectivity index (χ0n) is 13.3. The van der Waals surface area contributed by atoms with Crippen LogP contribution in [-0.2, 0) is 0 Å². The zero-order chi connectivity index (χ0) is 15.6. The maximum Gasteiger partial charge on any atom is 0.124 e. The van der Waals surface area contributed by atoms with Gasteiger partial charge in [0.1, 0.15) is 5.75 Å². The summed E-state index contributed by atoms with van der Waals surface area (Å²) < 4.78 is 6.57. The van der Waals surface area contributed by atoms with Crippen LogP contribution in [0.2, 0.25) is 0 Å². The fraction of sp³-hybridized carbons (Fsp3) is 0.333. The first-order valence-corrected chi connectivity index (χ1v) is 7.85. The Morgan fingerprint density at radius 3 is 2.00 bits per heavy atom. The third kappa shape index (κ3) is 3.47. The van der Waals surface area contributed by atoms with Crippen LogP contribution in [0.4, 0.5) is 0 Å². The quantitative estimate of drug-likeness (QED) is 0.865. The van der Waals surface area contributed by atoms with Gasteiger partial charge in [0.15, 0.2) is 0 Å². The van der Waals surface area contributed by atoms with Gasteiger partial charge in [-0.1, -0.05) is 34.1 Å². The third-order valence-corrected chi connectivity index (χ3v) is 4.16. The molecule has 21 heavy (non-hydrogen) atoms. The van der Waals surface area contributed by atoms with Crippen LogP contribution >= 0.6 is 15.9 Å². The molecule has 112 valence electrons. The van der Waals surface area contributed by atoms with Crippen molar-refractivity contribution >= 4 is 15.9 Å². The number of rotatable bonds is 4. The van der Waals surface area contributed by atoms with Crippen LogP contribution in [-0.4, -0.2) is 14.2 Å². The van der Waals surface area contributed by atoms with Gasteiger partial charge in [-0.15, -0.1) is 0 Å². The summed E-state index contributed by atoms with van der Waals surface area (Å²) in [6.07, 6.45) is 0. The predicted molar refractivity (Wildman–Crippen MR) is 92.2 cm³/mol. The minimum Gasteiger partial charge on any atom is -0.496 e. The van der Waals surface area contributed by atoms with E-state index in [1.54, 1.807) is 7.11 Å². The van der Waals surface area contributed by atoms with Gasteiger partial charge < -0.3 is 10.1 Å². The minimum absolute atomic E-state index is 0.171. The molecule has 0 aliphatic carbocycles. The Hall–Kier alpha value is -1.32. The lowest BCUT2D eigenvalue weighted by molar-refractivity contribution is 0.408. The summed E-state index contributed by atoms with van der Waals surface area (Å²) in [5, 5.41) is 3.42. The van der Waals surface area contributed by atoms with E-state index in [0.717, 1.165) is 10.2 Å². The van der Waals surface area contributed by atoms with Crippen LogP contribution in [0.5, 0.6) is 5.75 Å². The number of nitrogens with one attached hydrogen (secondary N) is 1. The SMILES string of the molecule is CNC(c1cc(C)cc(Br)c1)c1cc(C)c(OC)c(C)c1. The van der Waals surface area contributed by atoms with Crippen molar-refractivity contribution in [1.29, 1.82) is 0 Å². The van der Waals surface area contributed by atoms with E-state index in [2.05, 4.69) is 72.3 Å². The molecule has 1 atom stereocenters. The zero-order valence-corrected chi connectivity index (χ0v) is 14.8. The third-order valence-electron chi connectivity index (χ3n) is 3.71. The largest absolute Gasteiger partial charge is 0.496 e. The summed E-state index contributed by atoms with van der Waals surface area (Å²) in [6, 6.07) is 11.1. The Labute approximate surface area is 135 Å². The van der Waals surface area contributed by atoms with E-state index in [-0.39, 0.29) is 6.04 Å². The van der Waals surface area contributed by atoms with E-state index in [1.165, 1.54) is 27.8 Å². The van der Waals surface area contributed by atoms with E-state index in [0.29, 0.717) is 0 Å². The summed E-state index contributed by atoms with van der Waals surface area (Å²) in [4.78, 5) is 0. The molecule has 0 radical (unpaired) electrons. The number of aryl methyl sites for hydroxylation is 3. The van der Waals surface area contributed by atoms with Crippen molar-refractivity contribution in [2.24, 2.45) is 0 Å². The van der Waals surface area contributed by atoms with Crippen molar-refractivity contribution < 1.29 is 4.74 Å². The first-order valence-electron chi connectivity index (χ1n) is 7.05. The highest BCUT2D eigenvalue weighted by molar-refractivity contribution is 9.10. The van der Waals surface area contributed by atoms with Gasteiger partial charge in [-0.05, 0) is 67.8 Å². The molecule has 0 spiro atoms. The highest BCUT2D eigenvalue weighted by Crippen LogP contribution is 2.31. The van der Waals surface area contributed by atoms with Crippen LogP contribution in [0.25, 0.3) is 0 Å². The Balaban J connectivity index is 2.51. The van der Waals surface area contributed by atoms with Gasteiger partial charge in [0.05, 0.1) is 13.2 Å². The van der Waals surface area contributed by atoms with Gasteiger partial charge in [0.2, 0.25) is 0 Å². The lowest BCUT2D eigenvalue weighted by atomic mass is 9.94. The average molecular weight is 348 g/mol. The van der Waals surface area contributed by atoms with Gasteiger partial charge in [-0.2, -0.15) is 0 Å². The Kier molecular flexibility index (Phi) is 5.07. The van der Waals surface area contributed by atoms with Crippen molar-refractivity contribution in [1.82, 2.24) is 5.32 Å². The number of ether oxygens (including phenoxy) is 1. The maximum atomic E-state index is 5.46. The van der Waals surface area contributed by atoms with E-state index >= 15 is 0 Å². The molecule has 2 aromatic rings. The molecule has 1 N–H and O–H groups in total. The molecule has 0 aliphatic heterocycles. The summed E-state index contributed by atoms with van der Waals surface area (Å²) in [5.74, 6) is 0.971. The van der Waals surface area contributed by atoms with Crippen LogP contribution in [0, 0.1) is 20.8 Å². The van der Waals surface area contributed by atoms with Gasteiger partial charge in [0, 0.05) is 4.47 Å². The summed E-state index contributed by atoms with van der Waals surface area (Å²) in [6.45, 7) is 6.30. The van der Waals surface area contributed by atoms with Crippen molar-refractivity contribution in [3.63, 3.8) is 0 Å². The van der Waals surface area contributed by atoms with Gasteiger partial charge in [0.25, 0.3) is 0 Å². The van der Waals surface area contributed by atoms with Gasteiger partial charge in [-0.25, -0.2) is 0 Å². The van der Waals surface area contributed by atoms with Crippen molar-refractivity contribution in [3.8, 4) is 5.75 Å². The second kappa shape index (κ2) is 6.63. The Morgan fingerprint density at radius 1 is 0.952 bits per heavy atom. The molecule has 2 rings (SSSR count). The van der Waals surface area contributed by atoms with Crippen LogP contribution < -0.4 is 10.1 Å². The van der Waals surface area contributed by atoms with E-state index in [9.17, 15) is 0 Å². The molecular weight excluding hydrogens is 326 g/mol. The maximum absolute atomic E-state index is 5.46. The standard InChI is InChI=1S/C18H22BrNO/c1-11-6-14(10-16(19)7-11)17(20-4)15-8-12(2)18(21-5)13(3)9-15/h6-10,17,20H,1-5H3. The molecule has 0 saturated heterocycles. The molecule has 0 aromatic heterocycles. The van der Waals surface area contributed by atoms with E-state index in [4.69, 9.17) is 4.74 Å². The van der Waals surface area contributed by atoms with Crippen LogP contribution in [0.3, 0.4) is 0 Å². The number of hydrogen-bond acceptors (Lipinski definition) is 2. The first kappa shape index (κ1) is 16.1. The number of benzene rings is 2. The lowest BCUT2D eigenvalue weighted by Crippen LogP contribution is -2.18. The predicted octanol–water partition coefficient (Wildman–Crippen LogP) is 4.69. The molecule has 0 aliphatic rings. The van der Waals surface area contributed by atoms with Gasteiger partial charge >= 0.3 is 0 Å². The fourth-order valence-corrected chi connectivity index (χ4v) is 3.55. The molecule has 0 fully saturated rings. The second-order valence-corrected chi connectivity index (χ2v) is 6.39. The Bertz CT molecular complexity index is 608. The molecule has 1 unspecified atom stereocenters. The van der Waals surface area contributed by atoms with E-state index in [1.807, 2.05) is 7.05 Å². The molecular formula is C18H22BrNO. The van der Waals surface area contributed by atoms with Crippen LogP contribution in [0.1, 0.15) is 33.9 Å². The van der Waals surface area contributed by atoms with Gasteiger partial charge in [-0.3, -0.25) is 0 Å². The second-order valence-electron chi connectivity index (χ2n) is 5.47. The number of methoxy groups -OCH3 is 1. The molecule has 0 amide bonds. The van der Waals surface area contributed by atoms with Crippen LogP contribution in [0.15, 0.2) is 34.8 Å². The van der Waals surface area contributed by atoms with E-state index < -0.39 is 0 Å². The van der Waals surface area contributed by atoms with Crippen molar-refractivity contribution in [2.45, 2.75) is 26.8 Å². The molecule has 0 bridgehead atoms. The lowest BCUT2D eigenvalue weighted by Gasteiger charge is -2.21. The number of hydrogen-bond donors (Lipinski definition) is 1. The monoisotopic (exact) mass is 347 g/mol. The first-order chi connectivity index (χ1) is 9.96. The smallest absolute Gasteiger partial charge is 0.124 e. The molecule has 2 aromatic carbocycles. The number of halogens is 1. The highest BCUT2D eigenvalue weighted by Gasteiger charge is 2.15. The molecule has 0 saturated carbocycles. The highest BCUT2D eigenvalue weighted by atomic mass is 79.9. The topological polar surface area (TPSA) is 21.3 Å². The summed E-state index contributed by atoms with van der Waals surface area (Å²) in [7, 11) is 3.72. The molecule has 2 nitrogen and oxygen atoms in total. The minimum atomic E-state index is 0.171. The fourth-order valence-electron chi connectivity index (χ4n) is 2.93. The average Bonchev–Trinajstić information content (AvgIpc) is 2.38. The Morgan fingerprint density at radius 2 is 1.52 bits per heavy atom. The normalized spacial score (nSPS) is 12.3. The van der Waals surface area contributed by atoms with Crippen molar-refractivity contribution in [2.75, 3.05) is 14.2 Å². The summed E-state index contributed by atoms with van der Waals surface area (Å²) >= 11 is 3.59. The molecule has 0 heterocycles. The van der Waals surface area contributed by atoms with Crippen molar-refractivity contribution in [3.05, 3.63) is 62.6 Å². The summed E-state index contributed by atoms with van der Waals surface area (Å²) in [5.41, 5.74) is 6.10. The molecule has 3 heteroatoms.